The number of rotatable bonds is 2. The highest BCUT2D eigenvalue weighted by Gasteiger charge is 1.68. The second-order valence-corrected chi connectivity index (χ2v) is 1.41. The molecule has 0 aliphatic carbocycles. The van der Waals surface area contributed by atoms with Crippen LogP contribution in [0.4, 0.5) is 0 Å². The molecule has 0 aliphatic heterocycles. The zero-order valence-corrected chi connectivity index (χ0v) is 5.35. The van der Waals surface area contributed by atoms with Crippen LogP contribution < -0.4 is 15.9 Å². The molecule has 48 valence electrons. The maximum Gasteiger partial charge on any atom is 0.108 e. The van der Waals surface area contributed by atoms with E-state index in [0.29, 0.717) is 0 Å². The highest BCUT2D eigenvalue weighted by atomic mass is 31.2. The SMILES string of the molecule is C#CCOP([O-])[O-].[NH4+]. The van der Waals surface area contributed by atoms with Crippen LogP contribution in [0.1, 0.15) is 0 Å². The van der Waals surface area contributed by atoms with Crippen molar-refractivity contribution in [3.05, 3.63) is 0 Å². The van der Waals surface area contributed by atoms with Gasteiger partial charge in [0.25, 0.3) is 0 Å². The molecule has 0 aromatic carbocycles. The first kappa shape index (κ1) is 10.7. The predicted octanol–water partition coefficient (Wildman–Crippen LogP) is -1.04. The number of hydrogen-bond acceptors (Lipinski definition) is 3. The van der Waals surface area contributed by atoms with E-state index in [0.717, 1.165) is 0 Å². The van der Waals surface area contributed by atoms with Crippen molar-refractivity contribution in [2.24, 2.45) is 0 Å². The van der Waals surface area contributed by atoms with Crippen molar-refractivity contribution in [3.8, 4) is 12.3 Å². The lowest BCUT2D eigenvalue weighted by Gasteiger charge is -2.27. The highest BCUT2D eigenvalue weighted by Crippen LogP contribution is 2.10. The lowest BCUT2D eigenvalue weighted by atomic mass is 10.8. The van der Waals surface area contributed by atoms with Gasteiger partial charge in [-0.25, -0.2) is 0 Å². The minimum atomic E-state index is -2.75. The van der Waals surface area contributed by atoms with E-state index in [4.69, 9.17) is 0 Å². The smallest absolute Gasteiger partial charge is 0.108 e. The molecule has 0 rings (SSSR count). The topological polar surface area (TPSA) is 91.8 Å². The first-order valence-electron chi connectivity index (χ1n) is 1.48. The van der Waals surface area contributed by atoms with Crippen LogP contribution in [0.25, 0.3) is 0 Å². The van der Waals surface area contributed by atoms with E-state index in [2.05, 4.69) is 10.9 Å². The molecule has 0 unspecified atom stereocenters. The summed E-state index contributed by atoms with van der Waals surface area (Å²) in [6.45, 7) is -0.168. The maximum atomic E-state index is 9.48. The Kier molecular flexibility index (Phi) is 9.17. The van der Waals surface area contributed by atoms with Crippen LogP contribution in [0.3, 0.4) is 0 Å². The Hall–Kier alpha value is -0.170. The van der Waals surface area contributed by atoms with Crippen LogP contribution in [-0.2, 0) is 4.52 Å². The summed E-state index contributed by atoms with van der Waals surface area (Å²) in [5, 5.41) is 0. The van der Waals surface area contributed by atoms with Crippen LogP contribution in [0.5, 0.6) is 0 Å². The van der Waals surface area contributed by atoms with E-state index in [1.807, 2.05) is 5.92 Å². The largest absolute Gasteiger partial charge is 0.820 e. The van der Waals surface area contributed by atoms with E-state index >= 15 is 0 Å². The molecule has 0 spiro atoms. The van der Waals surface area contributed by atoms with E-state index in [1.54, 1.807) is 0 Å². The van der Waals surface area contributed by atoms with Crippen molar-refractivity contribution in [1.29, 1.82) is 0 Å². The van der Waals surface area contributed by atoms with Gasteiger partial charge in [0.1, 0.15) is 6.61 Å². The number of hydrogen-bond donors (Lipinski definition) is 1. The van der Waals surface area contributed by atoms with E-state index in [-0.39, 0.29) is 12.8 Å². The summed E-state index contributed by atoms with van der Waals surface area (Å²) in [6, 6.07) is 0. The Morgan fingerprint density at radius 1 is 1.62 bits per heavy atom. The van der Waals surface area contributed by atoms with Crippen molar-refractivity contribution >= 4 is 8.60 Å². The van der Waals surface area contributed by atoms with Crippen molar-refractivity contribution in [3.63, 3.8) is 0 Å². The van der Waals surface area contributed by atoms with Gasteiger partial charge in [-0.2, -0.15) is 8.60 Å². The average Bonchev–Trinajstić information content (AvgIpc) is 1.61. The Balaban J connectivity index is 0. The Labute approximate surface area is 49.1 Å². The van der Waals surface area contributed by atoms with Gasteiger partial charge >= 0.3 is 0 Å². The number of quaternary nitrogens is 1. The minimum absolute atomic E-state index is 0. The first-order chi connectivity index (χ1) is 3.27. The standard InChI is InChI=1S/C3H3O3P.H3N/c1-2-3-6-7(4)5;/h1H,3H2;1H3/q-2;/p+1. The molecular weight excluding hydrogens is 129 g/mol. The summed E-state index contributed by atoms with van der Waals surface area (Å²) in [5.74, 6) is 1.99. The molecule has 0 aromatic heterocycles. The molecule has 0 atom stereocenters. The summed E-state index contributed by atoms with van der Waals surface area (Å²) >= 11 is 0. The Morgan fingerprint density at radius 2 is 2.12 bits per heavy atom. The molecule has 0 radical (unpaired) electrons. The zero-order valence-electron chi connectivity index (χ0n) is 4.46. The molecule has 0 fully saturated rings. The Morgan fingerprint density at radius 3 is 2.25 bits per heavy atom. The molecule has 4 N–H and O–H groups in total. The quantitative estimate of drug-likeness (QED) is 0.388. The molecule has 0 bridgehead atoms. The van der Waals surface area contributed by atoms with Gasteiger partial charge in [-0.3, -0.25) is 0 Å². The minimum Gasteiger partial charge on any atom is -0.820 e. The third-order valence-electron chi connectivity index (χ3n) is 0.253. The van der Waals surface area contributed by atoms with E-state index < -0.39 is 8.60 Å². The number of terminal acetylenes is 1. The summed E-state index contributed by atoms with van der Waals surface area (Å²) in [6.07, 6.45) is 4.63. The summed E-state index contributed by atoms with van der Waals surface area (Å²) in [7, 11) is -2.75. The molecule has 0 aliphatic rings. The molecule has 0 aromatic rings. The van der Waals surface area contributed by atoms with Gasteiger partial charge in [-0.15, -0.1) is 6.42 Å². The molecule has 8 heavy (non-hydrogen) atoms. The first-order valence-corrected chi connectivity index (χ1v) is 2.57. The predicted molar refractivity (Wildman–Crippen MR) is 27.7 cm³/mol. The van der Waals surface area contributed by atoms with Crippen molar-refractivity contribution in [2.45, 2.75) is 0 Å². The lowest BCUT2D eigenvalue weighted by Crippen LogP contribution is -2.10. The molecule has 4 nitrogen and oxygen atoms in total. The van der Waals surface area contributed by atoms with Crippen molar-refractivity contribution < 1.29 is 14.3 Å². The normalized spacial score (nSPS) is 7.75. The molecular formula is C3H7NO3P-. The monoisotopic (exact) mass is 136 g/mol. The summed E-state index contributed by atoms with van der Waals surface area (Å²) < 4.78 is 3.91. The third-order valence-corrected chi connectivity index (χ3v) is 0.593. The van der Waals surface area contributed by atoms with E-state index in [9.17, 15) is 9.79 Å². The van der Waals surface area contributed by atoms with Gasteiger partial charge in [0.2, 0.25) is 0 Å². The van der Waals surface area contributed by atoms with Gasteiger partial charge in [0.05, 0.1) is 0 Å². The van der Waals surface area contributed by atoms with Crippen LogP contribution >= 0.6 is 8.60 Å². The van der Waals surface area contributed by atoms with Gasteiger partial charge in [-0.1, -0.05) is 5.92 Å². The molecule has 5 heteroatoms. The zero-order chi connectivity index (χ0) is 5.70. The summed E-state index contributed by atoms with van der Waals surface area (Å²) in [5.41, 5.74) is 0. The van der Waals surface area contributed by atoms with Gasteiger partial charge in [0, 0.05) is 0 Å². The highest BCUT2D eigenvalue weighted by molar-refractivity contribution is 7.36. The Bertz CT molecular complexity index is 79.1. The third kappa shape index (κ3) is 9.27. The van der Waals surface area contributed by atoms with Crippen LogP contribution in [0.2, 0.25) is 0 Å². The van der Waals surface area contributed by atoms with Crippen molar-refractivity contribution in [1.82, 2.24) is 6.15 Å². The van der Waals surface area contributed by atoms with E-state index in [1.165, 1.54) is 0 Å². The molecule has 0 amide bonds. The lowest BCUT2D eigenvalue weighted by molar-refractivity contribution is -0.317. The second kappa shape index (κ2) is 6.83. The van der Waals surface area contributed by atoms with Crippen LogP contribution in [0.15, 0.2) is 0 Å². The van der Waals surface area contributed by atoms with Crippen LogP contribution in [0, 0.1) is 12.3 Å². The summed E-state index contributed by atoms with van der Waals surface area (Å²) in [4.78, 5) is 19.0. The fourth-order valence-corrected chi connectivity index (χ4v) is 0.270. The fourth-order valence-electron chi connectivity index (χ4n) is 0.0900. The maximum absolute atomic E-state index is 9.48. The van der Waals surface area contributed by atoms with Crippen LogP contribution in [-0.4, -0.2) is 6.61 Å². The van der Waals surface area contributed by atoms with Gasteiger partial charge < -0.3 is 20.5 Å². The fraction of sp³-hybridized carbons (Fsp3) is 0.333. The molecule has 0 saturated carbocycles. The molecule has 0 heterocycles. The molecule has 0 saturated heterocycles. The van der Waals surface area contributed by atoms with Crippen molar-refractivity contribution in [2.75, 3.05) is 6.61 Å². The van der Waals surface area contributed by atoms with Gasteiger partial charge in [-0.05, 0) is 0 Å². The second-order valence-electron chi connectivity index (χ2n) is 0.701. The average molecular weight is 136 g/mol. The van der Waals surface area contributed by atoms with Gasteiger partial charge in [0.15, 0.2) is 0 Å².